The van der Waals surface area contributed by atoms with E-state index in [0.29, 0.717) is 6.54 Å². The van der Waals surface area contributed by atoms with Crippen LogP contribution in [0.1, 0.15) is 13.8 Å². The zero-order valence-corrected chi connectivity index (χ0v) is 9.33. The van der Waals surface area contributed by atoms with Crippen molar-refractivity contribution in [3.05, 3.63) is 30.1 Å². The Morgan fingerprint density at radius 1 is 1.33 bits per heavy atom. The molecule has 0 aliphatic carbocycles. The fraction of sp³-hybridized carbons (Fsp3) is 0.417. The largest absolute Gasteiger partial charge is 0.367 e. The highest BCUT2D eigenvalue weighted by molar-refractivity contribution is 5.84. The number of halogens is 1. The Morgan fingerprint density at radius 3 is 2.33 bits per heavy atom. The van der Waals surface area contributed by atoms with Crippen molar-refractivity contribution in [3.63, 3.8) is 0 Å². The Morgan fingerprint density at radius 2 is 1.87 bits per heavy atom. The molecule has 82 valence electrons. The van der Waals surface area contributed by atoms with E-state index in [1.54, 1.807) is 12.1 Å². The van der Waals surface area contributed by atoms with E-state index in [9.17, 15) is 9.18 Å². The minimum Gasteiger partial charge on any atom is -0.367 e. The normalized spacial score (nSPS) is 10.5. The van der Waals surface area contributed by atoms with Gasteiger partial charge in [0.25, 0.3) is 0 Å². The Hall–Kier alpha value is -1.38. The maximum atomic E-state index is 12.7. The van der Waals surface area contributed by atoms with Crippen molar-refractivity contribution < 1.29 is 9.18 Å². The second kappa shape index (κ2) is 4.91. The summed E-state index contributed by atoms with van der Waals surface area (Å²) in [7, 11) is 1.83. The van der Waals surface area contributed by atoms with Gasteiger partial charge in [0.1, 0.15) is 5.82 Å². The lowest BCUT2D eigenvalue weighted by molar-refractivity contribution is -0.120. The predicted molar refractivity (Wildman–Crippen MR) is 59.5 cm³/mol. The average Bonchev–Trinajstić information content (AvgIpc) is 2.18. The molecule has 0 heterocycles. The van der Waals surface area contributed by atoms with Crippen LogP contribution < -0.4 is 4.90 Å². The van der Waals surface area contributed by atoms with Gasteiger partial charge in [-0.05, 0) is 24.3 Å². The molecule has 0 aromatic heterocycles. The van der Waals surface area contributed by atoms with Crippen LogP contribution >= 0.6 is 0 Å². The molecular weight excluding hydrogens is 193 g/mol. The summed E-state index contributed by atoms with van der Waals surface area (Å²) >= 11 is 0. The quantitative estimate of drug-likeness (QED) is 0.759. The van der Waals surface area contributed by atoms with Gasteiger partial charge in [0.05, 0.1) is 6.54 Å². The molecule has 15 heavy (non-hydrogen) atoms. The van der Waals surface area contributed by atoms with Gasteiger partial charge in [-0.1, -0.05) is 13.8 Å². The van der Waals surface area contributed by atoms with E-state index < -0.39 is 0 Å². The Kier molecular flexibility index (Phi) is 3.83. The third kappa shape index (κ3) is 3.35. The molecular formula is C12H16FNO. The van der Waals surface area contributed by atoms with Crippen molar-refractivity contribution in [2.75, 3.05) is 18.5 Å². The molecule has 0 N–H and O–H groups in total. The number of carbonyl (C=O) groups excluding carboxylic acids is 1. The second-order valence-corrected chi connectivity index (χ2v) is 3.95. The van der Waals surface area contributed by atoms with Crippen LogP contribution in [0.2, 0.25) is 0 Å². The number of Topliss-reactive ketones (excluding diaryl/α,β-unsaturated/α-hetero) is 1. The molecule has 0 saturated heterocycles. The van der Waals surface area contributed by atoms with Gasteiger partial charge >= 0.3 is 0 Å². The van der Waals surface area contributed by atoms with Crippen molar-refractivity contribution in [2.45, 2.75) is 13.8 Å². The smallest absolute Gasteiger partial charge is 0.154 e. The summed E-state index contributed by atoms with van der Waals surface area (Å²) in [6.07, 6.45) is 0. The number of likely N-dealkylation sites (N-methyl/N-ethyl adjacent to an activating group) is 1. The van der Waals surface area contributed by atoms with Crippen molar-refractivity contribution in [2.24, 2.45) is 5.92 Å². The van der Waals surface area contributed by atoms with E-state index in [0.717, 1.165) is 5.69 Å². The Bertz CT molecular complexity index is 332. The minimum absolute atomic E-state index is 0.0351. The van der Waals surface area contributed by atoms with Gasteiger partial charge in [0.2, 0.25) is 0 Å². The molecule has 0 saturated carbocycles. The summed E-state index contributed by atoms with van der Waals surface area (Å²) in [5.41, 5.74) is 0.852. The molecule has 0 radical (unpaired) electrons. The highest BCUT2D eigenvalue weighted by atomic mass is 19.1. The lowest BCUT2D eigenvalue weighted by Gasteiger charge is -2.19. The van der Waals surface area contributed by atoms with Crippen LogP contribution in [0, 0.1) is 11.7 Å². The van der Waals surface area contributed by atoms with Gasteiger partial charge in [0, 0.05) is 18.7 Å². The number of hydrogen-bond donors (Lipinski definition) is 0. The standard InChI is InChI=1S/C12H16FNO/c1-9(2)12(15)8-14(3)11-6-4-10(13)5-7-11/h4-7,9H,8H2,1-3H3. The van der Waals surface area contributed by atoms with Gasteiger partial charge in [-0.25, -0.2) is 4.39 Å². The number of anilines is 1. The van der Waals surface area contributed by atoms with E-state index in [1.165, 1.54) is 12.1 Å². The Balaban J connectivity index is 2.65. The van der Waals surface area contributed by atoms with Crippen LogP contribution in [0.3, 0.4) is 0 Å². The Labute approximate surface area is 89.7 Å². The van der Waals surface area contributed by atoms with Crippen LogP contribution in [0.5, 0.6) is 0 Å². The van der Waals surface area contributed by atoms with Crippen LogP contribution in [0.15, 0.2) is 24.3 Å². The van der Waals surface area contributed by atoms with Crippen LogP contribution in [0.4, 0.5) is 10.1 Å². The molecule has 0 atom stereocenters. The van der Waals surface area contributed by atoms with Gasteiger partial charge in [-0.2, -0.15) is 0 Å². The third-order valence-corrected chi connectivity index (χ3v) is 2.30. The van der Waals surface area contributed by atoms with Crippen LogP contribution in [0.25, 0.3) is 0 Å². The number of nitrogens with zero attached hydrogens (tertiary/aromatic N) is 1. The first-order valence-electron chi connectivity index (χ1n) is 5.00. The van der Waals surface area contributed by atoms with Gasteiger partial charge < -0.3 is 4.90 Å². The van der Waals surface area contributed by atoms with E-state index in [-0.39, 0.29) is 17.5 Å². The SMILES string of the molecule is CC(C)C(=O)CN(C)c1ccc(F)cc1. The monoisotopic (exact) mass is 209 g/mol. The van der Waals surface area contributed by atoms with Crippen molar-refractivity contribution in [1.82, 2.24) is 0 Å². The molecule has 0 amide bonds. The minimum atomic E-state index is -0.262. The number of hydrogen-bond acceptors (Lipinski definition) is 2. The molecule has 0 aliphatic rings. The number of carbonyl (C=O) groups is 1. The summed E-state index contributed by atoms with van der Waals surface area (Å²) in [6.45, 7) is 4.12. The first-order chi connectivity index (χ1) is 7.00. The first kappa shape index (κ1) is 11.7. The third-order valence-electron chi connectivity index (χ3n) is 2.30. The van der Waals surface area contributed by atoms with Crippen molar-refractivity contribution in [1.29, 1.82) is 0 Å². The number of ketones is 1. The fourth-order valence-corrected chi connectivity index (χ4v) is 1.20. The summed E-state index contributed by atoms with van der Waals surface area (Å²) in [4.78, 5) is 13.3. The molecule has 0 unspecified atom stereocenters. The summed E-state index contributed by atoms with van der Waals surface area (Å²) in [5.74, 6) is -0.0444. The van der Waals surface area contributed by atoms with E-state index in [1.807, 2.05) is 25.8 Å². The summed E-state index contributed by atoms with van der Waals surface area (Å²) in [6, 6.07) is 6.13. The van der Waals surface area contributed by atoms with E-state index in [4.69, 9.17) is 0 Å². The van der Waals surface area contributed by atoms with E-state index >= 15 is 0 Å². The highest BCUT2D eigenvalue weighted by Gasteiger charge is 2.10. The summed E-state index contributed by atoms with van der Waals surface area (Å²) < 4.78 is 12.7. The molecule has 0 spiro atoms. The van der Waals surface area contributed by atoms with Gasteiger partial charge in [0.15, 0.2) is 5.78 Å². The van der Waals surface area contributed by atoms with Gasteiger partial charge in [-0.3, -0.25) is 4.79 Å². The maximum Gasteiger partial charge on any atom is 0.154 e. The molecule has 0 fully saturated rings. The number of rotatable bonds is 4. The van der Waals surface area contributed by atoms with Gasteiger partial charge in [-0.15, -0.1) is 0 Å². The molecule has 0 aliphatic heterocycles. The lowest BCUT2D eigenvalue weighted by atomic mass is 10.1. The maximum absolute atomic E-state index is 12.7. The number of benzene rings is 1. The first-order valence-corrected chi connectivity index (χ1v) is 5.00. The zero-order valence-electron chi connectivity index (χ0n) is 9.33. The second-order valence-electron chi connectivity index (χ2n) is 3.95. The van der Waals surface area contributed by atoms with Crippen molar-refractivity contribution in [3.8, 4) is 0 Å². The molecule has 0 bridgehead atoms. The van der Waals surface area contributed by atoms with Crippen LogP contribution in [-0.4, -0.2) is 19.4 Å². The van der Waals surface area contributed by atoms with Crippen molar-refractivity contribution >= 4 is 11.5 Å². The van der Waals surface area contributed by atoms with E-state index in [2.05, 4.69) is 0 Å². The highest BCUT2D eigenvalue weighted by Crippen LogP contribution is 2.13. The lowest BCUT2D eigenvalue weighted by Crippen LogP contribution is -2.28. The zero-order chi connectivity index (χ0) is 11.4. The molecule has 1 aromatic rings. The molecule has 1 aromatic carbocycles. The topological polar surface area (TPSA) is 20.3 Å². The molecule has 1 rings (SSSR count). The van der Waals surface area contributed by atoms with Crippen LogP contribution in [-0.2, 0) is 4.79 Å². The average molecular weight is 209 g/mol. The molecule has 3 heteroatoms. The predicted octanol–water partition coefficient (Wildman–Crippen LogP) is 2.49. The fourth-order valence-electron chi connectivity index (χ4n) is 1.20. The summed E-state index contributed by atoms with van der Waals surface area (Å²) in [5, 5.41) is 0. The molecule has 2 nitrogen and oxygen atoms in total.